The molecule has 3 aromatic carbocycles. The van der Waals surface area contributed by atoms with E-state index in [2.05, 4.69) is 99.1 Å². The van der Waals surface area contributed by atoms with E-state index in [0.29, 0.717) is 66.0 Å². The van der Waals surface area contributed by atoms with E-state index in [-0.39, 0.29) is 10.8 Å². The molecule has 5 unspecified atom stereocenters. The highest BCUT2D eigenvalue weighted by atomic mass is 28.4. The molecule has 4 aromatic rings. The van der Waals surface area contributed by atoms with E-state index in [1.165, 1.54) is 12.8 Å². The number of hydrogen-bond acceptors (Lipinski definition) is 11. The van der Waals surface area contributed by atoms with Crippen LogP contribution >= 0.6 is 0 Å². The Bertz CT molecular complexity index is 3080. The quantitative estimate of drug-likeness (QED) is 0.165. The molecule has 9 aliphatic carbocycles. The topological polar surface area (TPSA) is 141 Å². The third-order valence-electron chi connectivity index (χ3n) is 18.3. The van der Waals surface area contributed by atoms with Crippen LogP contribution in [0, 0.1) is 34.5 Å². The Labute approximate surface area is 390 Å². The maximum atomic E-state index is 12.3. The zero-order chi connectivity index (χ0) is 44.1. The molecule has 1 aromatic heterocycles. The fourth-order valence-electron chi connectivity index (χ4n) is 16.9. The van der Waals surface area contributed by atoms with Crippen LogP contribution in [0.5, 0.6) is 0 Å². The van der Waals surface area contributed by atoms with Crippen molar-refractivity contribution in [3.63, 3.8) is 0 Å². The number of aliphatic hydroxyl groups is 2. The largest absolute Gasteiger partial charge is 0.599 e. The summed E-state index contributed by atoms with van der Waals surface area (Å²) >= 11 is 0. The van der Waals surface area contributed by atoms with E-state index in [0.717, 1.165) is 133 Å². The molecule has 6 heterocycles. The Kier molecular flexibility index (Phi) is 7.53. The van der Waals surface area contributed by atoms with Gasteiger partial charge in [-0.2, -0.15) is 0 Å². The third kappa shape index (κ3) is 5.40. The normalized spacial score (nSPS) is 38.3. The number of rotatable bonds is 6. The summed E-state index contributed by atoms with van der Waals surface area (Å²) in [5, 5.41) is 30.5. The second-order valence-corrected chi connectivity index (χ2v) is 25.7. The Morgan fingerprint density at radius 3 is 1.85 bits per heavy atom. The van der Waals surface area contributed by atoms with Gasteiger partial charge in [-0.1, -0.05) is 84.9 Å². The molecular formula is C54H54N8O4Si. The summed E-state index contributed by atoms with van der Waals surface area (Å²) in [6.45, 7) is 0.841. The Morgan fingerprint density at radius 1 is 0.627 bits per heavy atom. The van der Waals surface area contributed by atoms with E-state index >= 15 is 0 Å². The summed E-state index contributed by atoms with van der Waals surface area (Å²) in [7, 11) is -4.32. The highest BCUT2D eigenvalue weighted by Gasteiger charge is 2.66. The van der Waals surface area contributed by atoms with Crippen molar-refractivity contribution >= 4 is 60.5 Å². The van der Waals surface area contributed by atoms with Gasteiger partial charge in [0.1, 0.15) is 29.5 Å². The second-order valence-electron chi connectivity index (χ2n) is 23.1. The van der Waals surface area contributed by atoms with Crippen LogP contribution in [0.2, 0.25) is 0 Å². The van der Waals surface area contributed by atoms with Crippen molar-refractivity contribution in [2.45, 2.75) is 107 Å². The molecule has 0 radical (unpaired) electrons. The van der Waals surface area contributed by atoms with Crippen LogP contribution in [-0.2, 0) is 8.85 Å². The average molecular weight is 907 g/mol. The second kappa shape index (κ2) is 13.1. The van der Waals surface area contributed by atoms with Gasteiger partial charge in [0.25, 0.3) is 0 Å². The third-order valence-corrected chi connectivity index (χ3v) is 21.4. The first-order valence-electron chi connectivity index (χ1n) is 25.1. The van der Waals surface area contributed by atoms with E-state index < -0.39 is 26.3 Å². The Morgan fingerprint density at radius 2 is 1.21 bits per heavy atom. The smallest absolute Gasteiger partial charge is 0.390 e. The molecule has 5 atom stereocenters. The van der Waals surface area contributed by atoms with Gasteiger partial charge >= 0.3 is 8.88 Å². The van der Waals surface area contributed by atoms with Crippen molar-refractivity contribution in [3.8, 4) is 0 Å². The van der Waals surface area contributed by atoms with Gasteiger partial charge in [0.05, 0.1) is 11.2 Å². The van der Waals surface area contributed by atoms with Crippen LogP contribution in [-0.4, -0.2) is 81.5 Å². The van der Waals surface area contributed by atoms with Crippen LogP contribution < -0.4 is 5.32 Å². The standard InChI is InChI=1S/C54H54N8O4Si/c63-53-23-31-17-32(24-53)20-51(19-31,27-53)29-65-67(66-30-52-21-33-18-34(22-52)26-54(64,25-33)28-52)61-47-39-13-5-6-14-40(39)49(61)59-45-37-11-3-4-12-38(37)46(56-45)60-50-42-16-8-7-15-41(42)48(62(50)67)58-44-36-10-2-1-9-35(36)43(55-44)57-47/h1-3,5-11,13-16,31-34,47,63-64H,4,12,17-30H2,(H,55,57,58). The van der Waals surface area contributed by atoms with Gasteiger partial charge in [-0.05, 0) is 124 Å². The van der Waals surface area contributed by atoms with E-state index in [1.807, 2.05) is 0 Å². The summed E-state index contributed by atoms with van der Waals surface area (Å²) in [6, 6.07) is 25.5. The molecule has 18 rings (SSSR count). The maximum absolute atomic E-state index is 12.3. The van der Waals surface area contributed by atoms with Crippen molar-refractivity contribution in [1.82, 2.24) is 14.1 Å². The van der Waals surface area contributed by atoms with Crippen LogP contribution in [0.15, 0.2) is 121 Å². The van der Waals surface area contributed by atoms with Crippen molar-refractivity contribution in [1.29, 1.82) is 0 Å². The molecule has 338 valence electrons. The summed E-state index contributed by atoms with van der Waals surface area (Å²) < 4.78 is 21.3. The molecule has 0 spiro atoms. The van der Waals surface area contributed by atoms with Gasteiger partial charge < -0.3 is 24.4 Å². The van der Waals surface area contributed by atoms with Crippen LogP contribution in [0.25, 0.3) is 10.8 Å². The summed E-state index contributed by atoms with van der Waals surface area (Å²) in [4.78, 5) is 28.0. The SMILES string of the molecule is OC12CC3CC(C1)CC(CO[Si]1(OCC45CC6CC(CC(O)(C6)C4)C5)N4C5=NC6=NC(=Nc7c8ccccc8c(n71)N=C1N=C(NC4c4ccccc45)c4ccccc41)C1=C6C=CCC1)(C3)C2. The number of hydrogen-bond donors (Lipinski definition) is 3. The number of nitrogens with zero attached hydrogens (tertiary/aromatic N) is 7. The number of aromatic nitrogens is 1. The van der Waals surface area contributed by atoms with Gasteiger partial charge in [-0.15, -0.1) is 0 Å². The minimum absolute atomic E-state index is 0.226. The first-order chi connectivity index (χ1) is 32.6. The predicted octanol–water partition coefficient (Wildman–Crippen LogP) is 8.93. The minimum Gasteiger partial charge on any atom is -0.390 e. The minimum atomic E-state index is -4.32. The lowest BCUT2D eigenvalue weighted by Crippen LogP contribution is -2.69. The zero-order valence-corrected chi connectivity index (χ0v) is 38.6. The fraction of sp³-hybridized carbons (Fsp3) is 0.463. The number of allylic oxidation sites excluding steroid dienone is 1. The lowest BCUT2D eigenvalue weighted by Gasteiger charge is -2.61. The maximum Gasteiger partial charge on any atom is 0.599 e. The predicted molar refractivity (Wildman–Crippen MR) is 259 cm³/mol. The lowest BCUT2D eigenvalue weighted by atomic mass is 9.48. The van der Waals surface area contributed by atoms with Crippen LogP contribution in [0.4, 0.5) is 11.6 Å². The summed E-state index contributed by atoms with van der Waals surface area (Å²) in [5.41, 5.74) is 4.29. The fourth-order valence-corrected chi connectivity index (χ4v) is 20.6. The van der Waals surface area contributed by atoms with Gasteiger partial charge in [0.15, 0.2) is 17.5 Å². The van der Waals surface area contributed by atoms with E-state index in [9.17, 15) is 10.2 Å². The van der Waals surface area contributed by atoms with Gasteiger partial charge in [0.2, 0.25) is 0 Å². The lowest BCUT2D eigenvalue weighted by molar-refractivity contribution is -0.182. The molecule has 13 heteroatoms. The molecule has 0 amide bonds. The molecule has 8 fully saturated rings. The Balaban J connectivity index is 1.01. The van der Waals surface area contributed by atoms with Crippen molar-refractivity contribution in [2.24, 2.45) is 59.5 Å². The monoisotopic (exact) mass is 906 g/mol. The van der Waals surface area contributed by atoms with Gasteiger partial charge in [-0.3, -0.25) is 8.80 Å². The first kappa shape index (κ1) is 38.6. The number of fused-ring (bicyclic) bond motifs is 13. The molecular weight excluding hydrogens is 853 g/mol. The van der Waals surface area contributed by atoms with E-state index in [4.69, 9.17) is 33.8 Å². The number of nitrogens with one attached hydrogen (secondary N) is 1. The van der Waals surface area contributed by atoms with Crippen molar-refractivity contribution in [3.05, 3.63) is 118 Å². The molecule has 0 saturated heterocycles. The van der Waals surface area contributed by atoms with Crippen molar-refractivity contribution in [2.75, 3.05) is 13.2 Å². The molecule has 14 bridgehead atoms. The first-order valence-corrected chi connectivity index (χ1v) is 26.8. The van der Waals surface area contributed by atoms with Gasteiger partial charge in [-0.25, -0.2) is 25.0 Å². The number of amidine groups is 5. The van der Waals surface area contributed by atoms with Crippen molar-refractivity contribution < 1.29 is 19.1 Å². The summed E-state index contributed by atoms with van der Waals surface area (Å²) in [5.74, 6) is 6.73. The average Bonchev–Trinajstić information content (AvgIpc) is 4.01. The molecule has 3 N–H and O–H groups in total. The van der Waals surface area contributed by atoms with Gasteiger partial charge in [0, 0.05) is 57.4 Å². The highest BCUT2D eigenvalue weighted by molar-refractivity contribution is 6.68. The zero-order valence-electron chi connectivity index (χ0n) is 37.6. The highest BCUT2D eigenvalue weighted by Crippen LogP contribution is 2.64. The molecule has 14 aliphatic rings. The Hall–Kier alpha value is -5.31. The number of aliphatic imine (C=N–C) groups is 5. The number of benzene rings is 3. The molecule has 5 aliphatic heterocycles. The van der Waals surface area contributed by atoms with Crippen LogP contribution in [0.1, 0.15) is 118 Å². The molecule has 67 heavy (non-hydrogen) atoms. The molecule has 12 nitrogen and oxygen atoms in total. The molecule has 8 saturated carbocycles. The summed E-state index contributed by atoms with van der Waals surface area (Å²) in [6.07, 6.45) is 17.1. The van der Waals surface area contributed by atoms with Crippen LogP contribution in [0.3, 0.4) is 0 Å². The van der Waals surface area contributed by atoms with E-state index in [1.54, 1.807) is 0 Å².